The summed E-state index contributed by atoms with van der Waals surface area (Å²) in [7, 11) is 0. The molecule has 2 heteroatoms. The molecule has 0 bridgehead atoms. The minimum Gasteiger partial charge on any atom is -0.494 e. The lowest BCUT2D eigenvalue weighted by Gasteiger charge is -2.21. The monoisotopic (exact) mass is 303 g/mol. The van der Waals surface area contributed by atoms with Gasteiger partial charge in [-0.15, -0.1) is 0 Å². The summed E-state index contributed by atoms with van der Waals surface area (Å²) in [5.74, 6) is 0.897. The lowest BCUT2D eigenvalue weighted by molar-refractivity contribution is 0.340. The number of ether oxygens (including phenoxy) is 1. The first-order chi connectivity index (χ1) is 11.4. The van der Waals surface area contributed by atoms with E-state index in [-0.39, 0.29) is 6.04 Å². The lowest BCUT2D eigenvalue weighted by atomic mass is 9.98. The maximum atomic E-state index is 5.51. The van der Waals surface area contributed by atoms with Crippen LogP contribution >= 0.6 is 0 Å². The zero-order chi connectivity index (χ0) is 15.9. The maximum Gasteiger partial charge on any atom is 0.119 e. The highest BCUT2D eigenvalue weighted by Gasteiger charge is 2.13. The van der Waals surface area contributed by atoms with Crippen molar-refractivity contribution in [3.05, 3.63) is 96.1 Å². The Kier molecular flexibility index (Phi) is 4.95. The van der Waals surface area contributed by atoms with Crippen LogP contribution in [0.1, 0.15) is 24.1 Å². The second kappa shape index (κ2) is 7.50. The third-order valence-corrected chi connectivity index (χ3v) is 3.74. The van der Waals surface area contributed by atoms with Crippen LogP contribution in [0.5, 0.6) is 5.75 Å². The van der Waals surface area contributed by atoms with E-state index in [4.69, 9.17) is 4.74 Å². The Hall–Kier alpha value is -2.74. The van der Waals surface area contributed by atoms with Gasteiger partial charge in [0.15, 0.2) is 0 Å². The predicted molar refractivity (Wildman–Crippen MR) is 96.0 cm³/mol. The summed E-state index contributed by atoms with van der Waals surface area (Å²) in [4.78, 5) is 0. The first-order valence-corrected chi connectivity index (χ1v) is 7.96. The molecule has 0 aliphatic carbocycles. The van der Waals surface area contributed by atoms with Gasteiger partial charge in [-0.2, -0.15) is 0 Å². The van der Waals surface area contributed by atoms with Crippen molar-refractivity contribution in [2.45, 2.75) is 13.0 Å². The van der Waals surface area contributed by atoms with E-state index < -0.39 is 0 Å². The third kappa shape index (κ3) is 3.92. The van der Waals surface area contributed by atoms with Crippen molar-refractivity contribution in [1.82, 2.24) is 0 Å². The SMILES string of the molecule is CCOc1ccc(NC(c2ccccc2)c2ccccc2)cc1. The number of nitrogens with one attached hydrogen (secondary N) is 1. The molecule has 0 aromatic heterocycles. The summed E-state index contributed by atoms with van der Waals surface area (Å²) in [6, 6.07) is 29.2. The third-order valence-electron chi connectivity index (χ3n) is 3.74. The number of anilines is 1. The molecule has 3 aromatic carbocycles. The van der Waals surface area contributed by atoms with Crippen LogP contribution in [-0.2, 0) is 0 Å². The van der Waals surface area contributed by atoms with Crippen LogP contribution in [0.4, 0.5) is 5.69 Å². The van der Waals surface area contributed by atoms with Gasteiger partial charge in [0.1, 0.15) is 5.75 Å². The van der Waals surface area contributed by atoms with Crippen LogP contribution < -0.4 is 10.1 Å². The highest BCUT2D eigenvalue weighted by atomic mass is 16.5. The molecule has 3 rings (SSSR count). The molecule has 0 heterocycles. The maximum absolute atomic E-state index is 5.51. The molecule has 0 saturated carbocycles. The zero-order valence-corrected chi connectivity index (χ0v) is 13.3. The molecule has 0 aliphatic rings. The lowest BCUT2D eigenvalue weighted by Crippen LogP contribution is -2.12. The van der Waals surface area contributed by atoms with Crippen LogP contribution in [0.15, 0.2) is 84.9 Å². The van der Waals surface area contributed by atoms with Gasteiger partial charge in [0.25, 0.3) is 0 Å². The Labute approximate surface area is 137 Å². The summed E-state index contributed by atoms with van der Waals surface area (Å²) in [5, 5.41) is 3.63. The van der Waals surface area contributed by atoms with E-state index in [0.717, 1.165) is 11.4 Å². The van der Waals surface area contributed by atoms with Gasteiger partial charge in [-0.1, -0.05) is 60.7 Å². The van der Waals surface area contributed by atoms with Crippen molar-refractivity contribution in [2.24, 2.45) is 0 Å². The summed E-state index contributed by atoms with van der Waals surface area (Å²) in [6.07, 6.45) is 0. The Morgan fingerprint density at radius 3 is 1.74 bits per heavy atom. The Morgan fingerprint density at radius 1 is 0.739 bits per heavy atom. The molecule has 2 nitrogen and oxygen atoms in total. The minimum atomic E-state index is 0.121. The van der Waals surface area contributed by atoms with Crippen molar-refractivity contribution in [3.8, 4) is 5.75 Å². The number of benzene rings is 3. The molecule has 0 fully saturated rings. The smallest absolute Gasteiger partial charge is 0.119 e. The van der Waals surface area contributed by atoms with Gasteiger partial charge < -0.3 is 10.1 Å². The van der Waals surface area contributed by atoms with Gasteiger partial charge >= 0.3 is 0 Å². The van der Waals surface area contributed by atoms with Crippen LogP contribution in [-0.4, -0.2) is 6.61 Å². The van der Waals surface area contributed by atoms with Crippen LogP contribution in [0, 0.1) is 0 Å². The van der Waals surface area contributed by atoms with E-state index in [1.165, 1.54) is 11.1 Å². The largest absolute Gasteiger partial charge is 0.494 e. The average Bonchev–Trinajstić information content (AvgIpc) is 2.63. The first-order valence-electron chi connectivity index (χ1n) is 7.96. The van der Waals surface area contributed by atoms with Crippen molar-refractivity contribution >= 4 is 5.69 Å². The van der Waals surface area contributed by atoms with E-state index in [0.29, 0.717) is 6.61 Å². The standard InChI is InChI=1S/C21H21NO/c1-2-23-20-15-13-19(14-16-20)22-21(17-9-5-3-6-10-17)18-11-7-4-8-12-18/h3-16,21-22H,2H2,1H3. The van der Waals surface area contributed by atoms with Crippen molar-refractivity contribution in [1.29, 1.82) is 0 Å². The fourth-order valence-electron chi connectivity index (χ4n) is 2.63. The quantitative estimate of drug-likeness (QED) is 0.668. The topological polar surface area (TPSA) is 21.3 Å². The molecule has 0 aliphatic heterocycles. The van der Waals surface area contributed by atoms with Gasteiger partial charge in [-0.3, -0.25) is 0 Å². The van der Waals surface area contributed by atoms with Crippen molar-refractivity contribution in [3.63, 3.8) is 0 Å². The predicted octanol–water partition coefficient (Wildman–Crippen LogP) is 5.29. The molecular formula is C21H21NO. The molecule has 116 valence electrons. The second-order valence-corrected chi connectivity index (χ2v) is 5.36. The fourth-order valence-corrected chi connectivity index (χ4v) is 2.63. The Balaban J connectivity index is 1.87. The van der Waals surface area contributed by atoms with Crippen molar-refractivity contribution < 1.29 is 4.74 Å². The molecule has 0 radical (unpaired) electrons. The minimum absolute atomic E-state index is 0.121. The molecule has 0 amide bonds. The normalized spacial score (nSPS) is 10.5. The van der Waals surface area contributed by atoms with E-state index in [2.05, 4.69) is 66.0 Å². The number of hydrogen-bond acceptors (Lipinski definition) is 2. The van der Waals surface area contributed by atoms with Crippen LogP contribution in [0.25, 0.3) is 0 Å². The van der Waals surface area contributed by atoms with E-state index >= 15 is 0 Å². The number of hydrogen-bond donors (Lipinski definition) is 1. The average molecular weight is 303 g/mol. The number of rotatable bonds is 6. The summed E-state index contributed by atoms with van der Waals surface area (Å²) >= 11 is 0. The molecule has 0 spiro atoms. The van der Waals surface area contributed by atoms with Crippen molar-refractivity contribution in [2.75, 3.05) is 11.9 Å². The first kappa shape index (κ1) is 15.2. The zero-order valence-electron chi connectivity index (χ0n) is 13.3. The Bertz CT molecular complexity index is 668. The molecule has 0 atom stereocenters. The molecular weight excluding hydrogens is 282 g/mol. The van der Waals surface area contributed by atoms with Gasteiger partial charge in [0, 0.05) is 5.69 Å². The summed E-state index contributed by atoms with van der Waals surface area (Å²) < 4.78 is 5.51. The molecule has 3 aromatic rings. The highest BCUT2D eigenvalue weighted by Crippen LogP contribution is 2.27. The van der Waals surface area contributed by atoms with Gasteiger partial charge in [0.05, 0.1) is 12.6 Å². The van der Waals surface area contributed by atoms with E-state index in [1.54, 1.807) is 0 Å². The highest BCUT2D eigenvalue weighted by molar-refractivity contribution is 5.51. The summed E-state index contributed by atoms with van der Waals surface area (Å²) in [6.45, 7) is 2.68. The van der Waals surface area contributed by atoms with Gasteiger partial charge in [0.2, 0.25) is 0 Å². The van der Waals surface area contributed by atoms with E-state index in [9.17, 15) is 0 Å². The fraction of sp³-hybridized carbons (Fsp3) is 0.143. The second-order valence-electron chi connectivity index (χ2n) is 5.36. The molecule has 23 heavy (non-hydrogen) atoms. The Morgan fingerprint density at radius 2 is 1.26 bits per heavy atom. The molecule has 0 saturated heterocycles. The molecule has 1 N–H and O–H groups in total. The van der Waals surface area contributed by atoms with Crippen LogP contribution in [0.3, 0.4) is 0 Å². The van der Waals surface area contributed by atoms with Gasteiger partial charge in [-0.25, -0.2) is 0 Å². The van der Waals surface area contributed by atoms with E-state index in [1.807, 2.05) is 31.2 Å². The van der Waals surface area contributed by atoms with Gasteiger partial charge in [-0.05, 0) is 42.3 Å². The molecule has 0 unspecified atom stereocenters. The summed E-state index contributed by atoms with van der Waals surface area (Å²) in [5.41, 5.74) is 3.56. The van der Waals surface area contributed by atoms with Crippen LogP contribution in [0.2, 0.25) is 0 Å².